The second-order valence-electron chi connectivity index (χ2n) is 7.40. The Morgan fingerprint density at radius 3 is 2.33 bits per heavy atom. The molecule has 0 saturated carbocycles. The van der Waals surface area contributed by atoms with Crippen LogP contribution in [0, 0.1) is 0 Å². The number of aliphatic hydroxyl groups is 1. The lowest BCUT2D eigenvalue weighted by molar-refractivity contribution is 0.00386. The van der Waals surface area contributed by atoms with Crippen molar-refractivity contribution in [3.8, 4) is 0 Å². The number of nitrogens with one attached hydrogen (secondary N) is 1. The number of carbonyl (C=O) groups is 1. The maximum Gasteiger partial charge on any atom is 0.410 e. The molecule has 2 fully saturated rings. The van der Waals surface area contributed by atoms with Crippen molar-refractivity contribution in [2.45, 2.75) is 89.6 Å². The first kappa shape index (κ1) is 16.6. The summed E-state index contributed by atoms with van der Waals surface area (Å²) in [6.45, 7) is 7.99. The Morgan fingerprint density at radius 1 is 1.33 bits per heavy atom. The van der Waals surface area contributed by atoms with Gasteiger partial charge in [0.25, 0.3) is 0 Å². The zero-order valence-electron chi connectivity index (χ0n) is 13.8. The lowest BCUT2D eigenvalue weighted by atomic mass is 9.96. The molecule has 5 heteroatoms. The van der Waals surface area contributed by atoms with E-state index in [4.69, 9.17) is 4.74 Å². The minimum atomic E-state index is -0.435. The summed E-state index contributed by atoms with van der Waals surface area (Å²) in [5, 5.41) is 12.9. The SMILES string of the molecule is CCC(CO)NC1CC2CCC(C1)N2C(=O)OC(C)(C)C. The number of piperidine rings is 1. The van der Waals surface area contributed by atoms with Gasteiger partial charge in [-0.3, -0.25) is 0 Å². The average Bonchev–Trinajstić information content (AvgIpc) is 2.66. The molecular weight excluding hydrogens is 268 g/mol. The van der Waals surface area contributed by atoms with Gasteiger partial charge in [-0.15, -0.1) is 0 Å². The number of fused-ring (bicyclic) bond motifs is 2. The molecule has 21 heavy (non-hydrogen) atoms. The second-order valence-corrected chi connectivity index (χ2v) is 7.40. The van der Waals surface area contributed by atoms with Crippen LogP contribution in [0.15, 0.2) is 0 Å². The number of hydrogen-bond donors (Lipinski definition) is 2. The minimum absolute atomic E-state index is 0.164. The lowest BCUT2D eigenvalue weighted by Crippen LogP contribution is -2.54. The largest absolute Gasteiger partial charge is 0.444 e. The summed E-state index contributed by atoms with van der Waals surface area (Å²) in [5.41, 5.74) is -0.435. The average molecular weight is 298 g/mol. The summed E-state index contributed by atoms with van der Waals surface area (Å²) in [5.74, 6) is 0. The number of ether oxygens (including phenoxy) is 1. The molecule has 3 atom stereocenters. The van der Waals surface area contributed by atoms with Gasteiger partial charge in [0.2, 0.25) is 0 Å². The maximum absolute atomic E-state index is 12.4. The van der Waals surface area contributed by atoms with E-state index in [1.807, 2.05) is 25.7 Å². The van der Waals surface area contributed by atoms with Crippen LogP contribution in [0.1, 0.15) is 59.8 Å². The summed E-state index contributed by atoms with van der Waals surface area (Å²) in [7, 11) is 0. The van der Waals surface area contributed by atoms with Gasteiger partial charge in [-0.1, -0.05) is 6.92 Å². The third-order valence-electron chi connectivity index (χ3n) is 4.52. The summed E-state index contributed by atoms with van der Waals surface area (Å²) in [6, 6.07) is 1.14. The fraction of sp³-hybridized carbons (Fsp3) is 0.938. The van der Waals surface area contributed by atoms with E-state index in [2.05, 4.69) is 12.2 Å². The van der Waals surface area contributed by atoms with Gasteiger partial charge in [0.05, 0.1) is 6.61 Å². The van der Waals surface area contributed by atoms with E-state index >= 15 is 0 Å². The van der Waals surface area contributed by atoms with Crippen molar-refractivity contribution >= 4 is 6.09 Å². The predicted octanol–water partition coefficient (Wildman–Crippen LogP) is 2.28. The fourth-order valence-electron chi connectivity index (χ4n) is 3.56. The minimum Gasteiger partial charge on any atom is -0.444 e. The molecule has 3 unspecified atom stereocenters. The van der Waals surface area contributed by atoms with Gasteiger partial charge >= 0.3 is 6.09 Å². The van der Waals surface area contributed by atoms with Crippen LogP contribution in [0.4, 0.5) is 4.79 Å². The molecule has 0 aromatic heterocycles. The first-order valence-corrected chi connectivity index (χ1v) is 8.22. The van der Waals surface area contributed by atoms with E-state index < -0.39 is 5.60 Å². The lowest BCUT2D eigenvalue weighted by Gasteiger charge is -2.40. The number of amides is 1. The van der Waals surface area contributed by atoms with Gasteiger partial charge in [0, 0.05) is 24.2 Å². The predicted molar refractivity (Wildman–Crippen MR) is 82.2 cm³/mol. The highest BCUT2D eigenvalue weighted by molar-refractivity contribution is 5.69. The van der Waals surface area contributed by atoms with Crippen LogP contribution in [-0.2, 0) is 4.74 Å². The number of aliphatic hydroxyl groups excluding tert-OH is 1. The van der Waals surface area contributed by atoms with Crippen molar-refractivity contribution in [2.24, 2.45) is 0 Å². The fourth-order valence-corrected chi connectivity index (χ4v) is 3.56. The Balaban J connectivity index is 1.94. The smallest absolute Gasteiger partial charge is 0.410 e. The van der Waals surface area contributed by atoms with Crippen molar-refractivity contribution in [1.29, 1.82) is 0 Å². The molecule has 1 amide bonds. The molecule has 2 N–H and O–H groups in total. The van der Waals surface area contributed by atoms with Crippen LogP contribution in [0.2, 0.25) is 0 Å². The van der Waals surface area contributed by atoms with Crippen molar-refractivity contribution in [3.05, 3.63) is 0 Å². The van der Waals surface area contributed by atoms with E-state index in [0.29, 0.717) is 6.04 Å². The molecule has 0 radical (unpaired) electrons. The number of rotatable bonds is 4. The molecule has 0 aliphatic carbocycles. The summed E-state index contributed by atoms with van der Waals surface area (Å²) in [6.07, 6.45) is 4.83. The molecular formula is C16H30N2O3. The summed E-state index contributed by atoms with van der Waals surface area (Å²) in [4.78, 5) is 14.3. The molecule has 0 aromatic carbocycles. The van der Waals surface area contributed by atoms with Gasteiger partial charge in [-0.25, -0.2) is 4.79 Å². The van der Waals surface area contributed by atoms with Crippen LogP contribution >= 0.6 is 0 Å². The maximum atomic E-state index is 12.4. The van der Waals surface area contributed by atoms with E-state index in [1.54, 1.807) is 0 Å². The normalized spacial score (nSPS) is 30.3. The van der Waals surface area contributed by atoms with Gasteiger partial charge in [0.15, 0.2) is 0 Å². The quantitative estimate of drug-likeness (QED) is 0.836. The van der Waals surface area contributed by atoms with E-state index in [9.17, 15) is 9.90 Å². The highest BCUT2D eigenvalue weighted by Crippen LogP contribution is 2.37. The topological polar surface area (TPSA) is 61.8 Å². The highest BCUT2D eigenvalue weighted by atomic mass is 16.6. The molecule has 2 aliphatic rings. The Hall–Kier alpha value is -0.810. The zero-order chi connectivity index (χ0) is 15.6. The van der Waals surface area contributed by atoms with Crippen LogP contribution in [0.25, 0.3) is 0 Å². The van der Waals surface area contributed by atoms with Crippen LogP contribution in [-0.4, -0.2) is 52.5 Å². The highest BCUT2D eigenvalue weighted by Gasteiger charge is 2.44. The van der Waals surface area contributed by atoms with Crippen LogP contribution in [0.5, 0.6) is 0 Å². The molecule has 0 spiro atoms. The molecule has 0 aromatic rings. The number of hydrogen-bond acceptors (Lipinski definition) is 4. The third-order valence-corrected chi connectivity index (χ3v) is 4.52. The molecule has 5 nitrogen and oxygen atoms in total. The van der Waals surface area contributed by atoms with Crippen molar-refractivity contribution < 1.29 is 14.6 Å². The van der Waals surface area contributed by atoms with E-state index in [-0.39, 0.29) is 30.8 Å². The summed E-state index contributed by atoms with van der Waals surface area (Å²) < 4.78 is 5.54. The van der Waals surface area contributed by atoms with E-state index in [1.165, 1.54) is 0 Å². The van der Waals surface area contributed by atoms with Crippen molar-refractivity contribution in [3.63, 3.8) is 0 Å². The molecule has 2 heterocycles. The van der Waals surface area contributed by atoms with Gasteiger partial charge in [-0.2, -0.15) is 0 Å². The molecule has 2 saturated heterocycles. The van der Waals surface area contributed by atoms with Crippen molar-refractivity contribution in [1.82, 2.24) is 10.2 Å². The standard InChI is InChI=1S/C16H30N2O3/c1-5-11(10-19)17-12-8-13-6-7-14(9-12)18(13)15(20)21-16(2,3)4/h11-14,17,19H,5-10H2,1-4H3. The van der Waals surface area contributed by atoms with Gasteiger partial charge in [-0.05, 0) is 52.9 Å². The molecule has 2 bridgehead atoms. The molecule has 2 rings (SSSR count). The second kappa shape index (κ2) is 6.53. The van der Waals surface area contributed by atoms with Gasteiger partial charge in [0.1, 0.15) is 5.60 Å². The molecule has 122 valence electrons. The molecule has 2 aliphatic heterocycles. The number of carbonyl (C=O) groups excluding carboxylic acids is 1. The van der Waals surface area contributed by atoms with Crippen molar-refractivity contribution in [2.75, 3.05) is 6.61 Å². The Bertz CT molecular complexity index is 349. The Kier molecular flexibility index (Phi) is 5.15. The zero-order valence-corrected chi connectivity index (χ0v) is 13.8. The van der Waals surface area contributed by atoms with Gasteiger partial charge < -0.3 is 20.1 Å². The Morgan fingerprint density at radius 2 is 1.90 bits per heavy atom. The first-order valence-electron chi connectivity index (χ1n) is 8.22. The van der Waals surface area contributed by atoms with Crippen LogP contribution < -0.4 is 5.32 Å². The number of nitrogens with zero attached hydrogens (tertiary/aromatic N) is 1. The third kappa shape index (κ3) is 4.10. The monoisotopic (exact) mass is 298 g/mol. The van der Waals surface area contributed by atoms with Crippen LogP contribution in [0.3, 0.4) is 0 Å². The Labute approximate surface area is 128 Å². The first-order chi connectivity index (χ1) is 9.84. The summed E-state index contributed by atoms with van der Waals surface area (Å²) >= 11 is 0. The van der Waals surface area contributed by atoms with E-state index in [0.717, 1.165) is 32.1 Å².